The molecule has 0 unspecified atom stereocenters. The zero-order chi connectivity index (χ0) is 13.6. The van der Waals surface area contributed by atoms with Gasteiger partial charge in [0.2, 0.25) is 0 Å². The zero-order valence-electron chi connectivity index (χ0n) is 12.0. The van der Waals surface area contributed by atoms with Gasteiger partial charge in [0.05, 0.1) is 0 Å². The SMILES string of the molecule is CC.CCNc1ccccc1.Cc1ccccc1. The summed E-state index contributed by atoms with van der Waals surface area (Å²) in [6.07, 6.45) is 0. The Labute approximate surface area is 112 Å². The average molecular weight is 243 g/mol. The fourth-order valence-corrected chi connectivity index (χ4v) is 1.29. The standard InChI is InChI=1S/C8H11N.C7H8.C2H6/c1-2-9-8-6-4-3-5-7-8;1-7-5-3-2-4-6-7;1-2/h3-7,9H,2H2,1H3;2-6H,1H3;1-2H3. The molecule has 1 heteroatoms. The lowest BCUT2D eigenvalue weighted by Gasteiger charge is -1.99. The topological polar surface area (TPSA) is 12.0 Å². The molecule has 0 heterocycles. The van der Waals surface area contributed by atoms with Crippen molar-refractivity contribution in [1.82, 2.24) is 0 Å². The van der Waals surface area contributed by atoms with Crippen molar-refractivity contribution in [3.63, 3.8) is 0 Å². The van der Waals surface area contributed by atoms with Crippen LogP contribution in [0.2, 0.25) is 0 Å². The van der Waals surface area contributed by atoms with Crippen LogP contribution in [-0.4, -0.2) is 6.54 Å². The van der Waals surface area contributed by atoms with E-state index < -0.39 is 0 Å². The first-order valence-corrected chi connectivity index (χ1v) is 6.63. The fourth-order valence-electron chi connectivity index (χ4n) is 1.29. The van der Waals surface area contributed by atoms with Gasteiger partial charge < -0.3 is 5.32 Å². The number of nitrogens with one attached hydrogen (secondary N) is 1. The van der Waals surface area contributed by atoms with Crippen LogP contribution < -0.4 is 5.32 Å². The molecule has 1 N–H and O–H groups in total. The largest absolute Gasteiger partial charge is 0.385 e. The lowest BCUT2D eigenvalue weighted by Crippen LogP contribution is -1.94. The van der Waals surface area contributed by atoms with Gasteiger partial charge in [0, 0.05) is 12.2 Å². The van der Waals surface area contributed by atoms with E-state index in [1.807, 2.05) is 50.2 Å². The molecule has 98 valence electrons. The highest BCUT2D eigenvalue weighted by molar-refractivity contribution is 5.41. The minimum Gasteiger partial charge on any atom is -0.385 e. The van der Waals surface area contributed by atoms with E-state index in [1.165, 1.54) is 11.3 Å². The van der Waals surface area contributed by atoms with Gasteiger partial charge >= 0.3 is 0 Å². The maximum atomic E-state index is 3.21. The summed E-state index contributed by atoms with van der Waals surface area (Å²) in [6, 6.07) is 20.4. The Morgan fingerprint density at radius 2 is 1.22 bits per heavy atom. The first kappa shape index (κ1) is 16.2. The molecule has 0 spiro atoms. The van der Waals surface area contributed by atoms with Crippen LogP contribution in [0.5, 0.6) is 0 Å². The van der Waals surface area contributed by atoms with Crippen LogP contribution in [0.25, 0.3) is 0 Å². The lowest BCUT2D eigenvalue weighted by atomic mass is 10.2. The molecule has 0 radical (unpaired) electrons. The number of aryl methyl sites for hydroxylation is 1. The van der Waals surface area contributed by atoms with Crippen LogP contribution in [0.15, 0.2) is 60.7 Å². The molecule has 0 saturated heterocycles. The molecule has 0 saturated carbocycles. The first-order chi connectivity index (χ1) is 8.83. The van der Waals surface area contributed by atoms with E-state index in [9.17, 15) is 0 Å². The van der Waals surface area contributed by atoms with Crippen LogP contribution in [-0.2, 0) is 0 Å². The summed E-state index contributed by atoms with van der Waals surface area (Å²) in [5.74, 6) is 0. The maximum absolute atomic E-state index is 3.21. The highest BCUT2D eigenvalue weighted by Crippen LogP contribution is 2.02. The highest BCUT2D eigenvalue weighted by Gasteiger charge is 1.81. The van der Waals surface area contributed by atoms with Gasteiger partial charge in [-0.25, -0.2) is 0 Å². The molecule has 0 aliphatic carbocycles. The van der Waals surface area contributed by atoms with Gasteiger partial charge in [-0.3, -0.25) is 0 Å². The fraction of sp³-hybridized carbons (Fsp3) is 0.294. The van der Waals surface area contributed by atoms with E-state index in [-0.39, 0.29) is 0 Å². The van der Waals surface area contributed by atoms with Gasteiger partial charge in [-0.2, -0.15) is 0 Å². The summed E-state index contributed by atoms with van der Waals surface area (Å²) in [6.45, 7) is 9.16. The number of anilines is 1. The third-order valence-corrected chi connectivity index (χ3v) is 2.10. The average Bonchev–Trinajstić information content (AvgIpc) is 2.44. The molecule has 2 rings (SSSR count). The van der Waals surface area contributed by atoms with Crippen molar-refractivity contribution in [3.05, 3.63) is 66.2 Å². The van der Waals surface area contributed by atoms with Crippen molar-refractivity contribution in [2.45, 2.75) is 27.7 Å². The maximum Gasteiger partial charge on any atom is 0.0340 e. The third kappa shape index (κ3) is 8.40. The van der Waals surface area contributed by atoms with Crippen molar-refractivity contribution in [3.8, 4) is 0 Å². The van der Waals surface area contributed by atoms with Gasteiger partial charge in [0.15, 0.2) is 0 Å². The summed E-state index contributed by atoms with van der Waals surface area (Å²) < 4.78 is 0. The molecule has 0 atom stereocenters. The quantitative estimate of drug-likeness (QED) is 0.770. The molecule has 0 aliphatic rings. The van der Waals surface area contributed by atoms with E-state index in [1.54, 1.807) is 0 Å². The molecule has 0 aliphatic heterocycles. The minimum atomic E-state index is 0.990. The van der Waals surface area contributed by atoms with Gasteiger partial charge in [0.25, 0.3) is 0 Å². The van der Waals surface area contributed by atoms with Gasteiger partial charge in [0.1, 0.15) is 0 Å². The zero-order valence-corrected chi connectivity index (χ0v) is 12.0. The van der Waals surface area contributed by atoms with E-state index in [4.69, 9.17) is 0 Å². The molecule has 18 heavy (non-hydrogen) atoms. The summed E-state index contributed by atoms with van der Waals surface area (Å²) in [5, 5.41) is 3.21. The smallest absolute Gasteiger partial charge is 0.0340 e. The van der Waals surface area contributed by atoms with Gasteiger partial charge in [-0.05, 0) is 26.0 Å². The molecule has 0 amide bonds. The number of hydrogen-bond acceptors (Lipinski definition) is 1. The predicted molar refractivity (Wildman–Crippen MR) is 83.1 cm³/mol. The van der Waals surface area contributed by atoms with E-state index in [2.05, 4.69) is 43.4 Å². The second kappa shape index (κ2) is 11.7. The Balaban J connectivity index is 0.000000289. The Bertz CT molecular complexity index is 367. The second-order valence-corrected chi connectivity index (χ2v) is 3.55. The normalized spacial score (nSPS) is 8.22. The Morgan fingerprint density at radius 1 is 0.778 bits per heavy atom. The molecular formula is C17H25N. The van der Waals surface area contributed by atoms with Gasteiger partial charge in [-0.15, -0.1) is 0 Å². The predicted octanol–water partition coefficient (Wildman–Crippen LogP) is 5.14. The van der Waals surface area contributed by atoms with Crippen LogP contribution in [0, 0.1) is 6.92 Å². The van der Waals surface area contributed by atoms with E-state index in [0.717, 1.165) is 6.54 Å². The number of hydrogen-bond donors (Lipinski definition) is 1. The van der Waals surface area contributed by atoms with Gasteiger partial charge in [-0.1, -0.05) is 67.9 Å². The monoisotopic (exact) mass is 243 g/mol. The van der Waals surface area contributed by atoms with Crippen LogP contribution in [0.1, 0.15) is 26.3 Å². The molecule has 2 aromatic carbocycles. The molecule has 2 aromatic rings. The summed E-state index contributed by atoms with van der Waals surface area (Å²) >= 11 is 0. The third-order valence-electron chi connectivity index (χ3n) is 2.10. The number of benzene rings is 2. The summed E-state index contributed by atoms with van der Waals surface area (Å²) in [5.41, 5.74) is 2.52. The van der Waals surface area contributed by atoms with Crippen molar-refractivity contribution < 1.29 is 0 Å². The van der Waals surface area contributed by atoms with Crippen LogP contribution in [0.4, 0.5) is 5.69 Å². The van der Waals surface area contributed by atoms with Crippen molar-refractivity contribution in [1.29, 1.82) is 0 Å². The molecule has 1 nitrogen and oxygen atoms in total. The van der Waals surface area contributed by atoms with E-state index >= 15 is 0 Å². The number of para-hydroxylation sites is 1. The molecular weight excluding hydrogens is 218 g/mol. The Kier molecular flexibility index (Phi) is 10.6. The van der Waals surface area contributed by atoms with Crippen LogP contribution >= 0.6 is 0 Å². The number of rotatable bonds is 2. The summed E-state index contributed by atoms with van der Waals surface area (Å²) in [4.78, 5) is 0. The Hall–Kier alpha value is -1.76. The summed E-state index contributed by atoms with van der Waals surface area (Å²) in [7, 11) is 0. The molecule has 0 bridgehead atoms. The van der Waals surface area contributed by atoms with Crippen LogP contribution in [0.3, 0.4) is 0 Å². The van der Waals surface area contributed by atoms with Crippen molar-refractivity contribution in [2.75, 3.05) is 11.9 Å². The van der Waals surface area contributed by atoms with Crippen molar-refractivity contribution in [2.24, 2.45) is 0 Å². The highest BCUT2D eigenvalue weighted by atomic mass is 14.8. The Morgan fingerprint density at radius 3 is 1.56 bits per heavy atom. The van der Waals surface area contributed by atoms with E-state index in [0.29, 0.717) is 0 Å². The van der Waals surface area contributed by atoms with Crippen molar-refractivity contribution >= 4 is 5.69 Å². The minimum absolute atomic E-state index is 0.990. The molecule has 0 fully saturated rings. The first-order valence-electron chi connectivity index (χ1n) is 6.63. The second-order valence-electron chi connectivity index (χ2n) is 3.55. The lowest BCUT2D eigenvalue weighted by molar-refractivity contribution is 1.21. The molecule has 0 aromatic heterocycles.